The molecule has 0 aromatic carbocycles. The van der Waals surface area contributed by atoms with Crippen molar-refractivity contribution in [3.05, 3.63) is 17.5 Å². The van der Waals surface area contributed by atoms with E-state index in [4.69, 9.17) is 11.6 Å². The Morgan fingerprint density at radius 2 is 2.40 bits per heavy atom. The highest BCUT2D eigenvalue weighted by atomic mass is 35.5. The van der Waals surface area contributed by atoms with E-state index >= 15 is 0 Å². The van der Waals surface area contributed by atoms with Crippen molar-refractivity contribution >= 4 is 17.7 Å². The van der Waals surface area contributed by atoms with Crippen LogP contribution in [0.2, 0.25) is 0 Å². The van der Waals surface area contributed by atoms with Gasteiger partial charge in [-0.05, 0) is 13.0 Å². The second-order valence-electron chi connectivity index (χ2n) is 1.79. The molecule has 0 unspecified atom stereocenters. The van der Waals surface area contributed by atoms with Crippen LogP contribution in [0.5, 0.6) is 0 Å². The van der Waals surface area contributed by atoms with E-state index in [0.717, 1.165) is 11.4 Å². The molecule has 0 atom stereocenters. The van der Waals surface area contributed by atoms with Crippen molar-refractivity contribution in [1.82, 2.24) is 10.3 Å². The molecule has 0 spiro atoms. The molecular weight excluding hydrogens is 152 g/mol. The highest BCUT2D eigenvalue weighted by Crippen LogP contribution is 2.02. The highest BCUT2D eigenvalue weighted by molar-refractivity contribution is 6.19. The molecule has 4 heteroatoms. The van der Waals surface area contributed by atoms with E-state index in [1.54, 1.807) is 12.2 Å². The third-order valence-corrected chi connectivity index (χ3v) is 1.23. The van der Waals surface area contributed by atoms with Gasteiger partial charge in [-0.15, -0.1) is 11.6 Å². The molecule has 54 valence electrons. The van der Waals surface area contributed by atoms with Crippen LogP contribution in [0.4, 0.5) is 0 Å². The predicted octanol–water partition coefficient (Wildman–Crippen LogP) is 1.63. The summed E-state index contributed by atoms with van der Waals surface area (Å²) in [5.74, 6) is 0.478. The Bertz CT molecular complexity index is 231. The van der Waals surface area contributed by atoms with Gasteiger partial charge in [0.05, 0.1) is 0 Å². The molecule has 0 radical (unpaired) electrons. The SMILES string of the molecule is Cc1nonc1/C=C/CCl. The molecule has 0 saturated heterocycles. The zero-order valence-corrected chi connectivity index (χ0v) is 6.30. The van der Waals surface area contributed by atoms with E-state index in [1.807, 2.05) is 6.92 Å². The van der Waals surface area contributed by atoms with Crippen LogP contribution in [-0.2, 0) is 0 Å². The molecule has 0 aliphatic carbocycles. The van der Waals surface area contributed by atoms with Crippen molar-refractivity contribution in [3.63, 3.8) is 0 Å². The minimum atomic E-state index is 0.478. The number of aromatic nitrogens is 2. The lowest BCUT2D eigenvalue weighted by molar-refractivity contribution is 0.304. The average molecular weight is 159 g/mol. The minimum absolute atomic E-state index is 0.478. The number of alkyl halides is 1. The Morgan fingerprint density at radius 1 is 1.60 bits per heavy atom. The van der Waals surface area contributed by atoms with Gasteiger partial charge in [0.15, 0.2) is 0 Å². The van der Waals surface area contributed by atoms with E-state index in [9.17, 15) is 0 Å². The van der Waals surface area contributed by atoms with E-state index in [1.165, 1.54) is 0 Å². The lowest BCUT2D eigenvalue weighted by Crippen LogP contribution is -1.75. The third kappa shape index (κ3) is 1.57. The molecule has 1 heterocycles. The Kier molecular flexibility index (Phi) is 2.45. The second-order valence-corrected chi connectivity index (χ2v) is 2.10. The number of hydrogen-bond acceptors (Lipinski definition) is 3. The smallest absolute Gasteiger partial charge is 0.130 e. The minimum Gasteiger partial charge on any atom is -0.244 e. The molecule has 0 saturated carbocycles. The van der Waals surface area contributed by atoms with Crippen LogP contribution < -0.4 is 0 Å². The van der Waals surface area contributed by atoms with Crippen LogP contribution in [0.3, 0.4) is 0 Å². The van der Waals surface area contributed by atoms with Crippen LogP contribution in [0.15, 0.2) is 10.7 Å². The first-order valence-corrected chi connectivity index (χ1v) is 3.39. The normalized spacial score (nSPS) is 11.0. The number of allylic oxidation sites excluding steroid dienone is 1. The van der Waals surface area contributed by atoms with E-state index < -0.39 is 0 Å². The topological polar surface area (TPSA) is 38.9 Å². The maximum atomic E-state index is 5.41. The van der Waals surface area contributed by atoms with Crippen molar-refractivity contribution in [1.29, 1.82) is 0 Å². The van der Waals surface area contributed by atoms with Crippen molar-refractivity contribution in [3.8, 4) is 0 Å². The van der Waals surface area contributed by atoms with E-state index in [0.29, 0.717) is 5.88 Å². The fraction of sp³-hybridized carbons (Fsp3) is 0.333. The summed E-state index contributed by atoms with van der Waals surface area (Å²) in [7, 11) is 0. The molecule has 0 aliphatic heterocycles. The number of nitrogens with zero attached hydrogens (tertiary/aromatic N) is 2. The maximum absolute atomic E-state index is 5.41. The van der Waals surface area contributed by atoms with Crippen molar-refractivity contribution in [2.24, 2.45) is 0 Å². The Hall–Kier alpha value is -0.830. The standard InChI is InChI=1S/C6H7ClN2O/c1-5-6(3-2-4-7)9-10-8-5/h2-3H,4H2,1H3/b3-2+. The molecule has 3 nitrogen and oxygen atoms in total. The number of rotatable bonds is 2. The quantitative estimate of drug-likeness (QED) is 0.614. The van der Waals surface area contributed by atoms with Gasteiger partial charge in [0.1, 0.15) is 11.4 Å². The van der Waals surface area contributed by atoms with Gasteiger partial charge in [0.25, 0.3) is 0 Å². The van der Waals surface area contributed by atoms with Crippen LogP contribution in [0, 0.1) is 6.92 Å². The molecule has 0 amide bonds. The second kappa shape index (κ2) is 3.37. The van der Waals surface area contributed by atoms with Gasteiger partial charge in [-0.2, -0.15) is 0 Å². The zero-order chi connectivity index (χ0) is 7.40. The first-order chi connectivity index (χ1) is 4.84. The molecular formula is C6H7ClN2O. The molecule has 10 heavy (non-hydrogen) atoms. The molecule has 0 aliphatic rings. The van der Waals surface area contributed by atoms with Gasteiger partial charge in [0, 0.05) is 5.88 Å². The fourth-order valence-corrected chi connectivity index (χ4v) is 0.635. The summed E-state index contributed by atoms with van der Waals surface area (Å²) in [5, 5.41) is 7.21. The van der Waals surface area contributed by atoms with Gasteiger partial charge in [0.2, 0.25) is 0 Å². The summed E-state index contributed by atoms with van der Waals surface area (Å²) in [6.45, 7) is 1.82. The van der Waals surface area contributed by atoms with Gasteiger partial charge < -0.3 is 0 Å². The largest absolute Gasteiger partial charge is 0.244 e. The molecule has 1 aromatic rings. The van der Waals surface area contributed by atoms with Crippen LogP contribution in [0.1, 0.15) is 11.4 Å². The summed E-state index contributed by atoms with van der Waals surface area (Å²) in [4.78, 5) is 0. The van der Waals surface area contributed by atoms with E-state index in [-0.39, 0.29) is 0 Å². The molecule has 0 fully saturated rings. The molecule has 1 aromatic heterocycles. The van der Waals surface area contributed by atoms with Gasteiger partial charge in [-0.25, -0.2) is 4.63 Å². The summed E-state index contributed by atoms with van der Waals surface area (Å²) in [6, 6.07) is 0. The third-order valence-electron chi connectivity index (χ3n) is 1.05. The summed E-state index contributed by atoms with van der Waals surface area (Å²) >= 11 is 5.41. The van der Waals surface area contributed by atoms with Crippen LogP contribution >= 0.6 is 11.6 Å². The first-order valence-electron chi connectivity index (χ1n) is 2.86. The van der Waals surface area contributed by atoms with Crippen molar-refractivity contribution in [2.75, 3.05) is 5.88 Å². The fourth-order valence-electron chi connectivity index (χ4n) is 0.546. The number of halogens is 1. The van der Waals surface area contributed by atoms with Crippen molar-refractivity contribution < 1.29 is 4.63 Å². The average Bonchev–Trinajstić information content (AvgIpc) is 2.31. The molecule has 1 rings (SSSR count). The highest BCUT2D eigenvalue weighted by Gasteiger charge is 1.97. The predicted molar refractivity (Wildman–Crippen MR) is 38.8 cm³/mol. The summed E-state index contributed by atoms with van der Waals surface area (Å²) < 4.78 is 4.45. The van der Waals surface area contributed by atoms with Gasteiger partial charge >= 0.3 is 0 Å². The number of aryl methyl sites for hydroxylation is 1. The summed E-state index contributed by atoms with van der Waals surface area (Å²) in [5.41, 5.74) is 1.52. The molecule has 0 bridgehead atoms. The maximum Gasteiger partial charge on any atom is 0.130 e. The van der Waals surface area contributed by atoms with Crippen LogP contribution in [-0.4, -0.2) is 16.2 Å². The monoisotopic (exact) mass is 158 g/mol. The van der Waals surface area contributed by atoms with Crippen molar-refractivity contribution in [2.45, 2.75) is 6.92 Å². The lowest BCUT2D eigenvalue weighted by atomic mass is 10.3. The molecule has 0 N–H and O–H groups in total. The first kappa shape index (κ1) is 7.28. The van der Waals surface area contributed by atoms with Crippen LogP contribution in [0.25, 0.3) is 6.08 Å². The summed E-state index contributed by atoms with van der Waals surface area (Å²) in [6.07, 6.45) is 3.56. The Labute approximate surface area is 63.6 Å². The Balaban J connectivity index is 2.74. The van der Waals surface area contributed by atoms with E-state index in [2.05, 4.69) is 14.9 Å². The Morgan fingerprint density at radius 3 is 2.90 bits per heavy atom. The zero-order valence-electron chi connectivity index (χ0n) is 5.54. The lowest BCUT2D eigenvalue weighted by Gasteiger charge is -1.79. The number of hydrogen-bond donors (Lipinski definition) is 0. The van der Waals surface area contributed by atoms with Gasteiger partial charge in [-0.1, -0.05) is 16.4 Å². The van der Waals surface area contributed by atoms with Gasteiger partial charge in [-0.3, -0.25) is 0 Å².